The number of amides is 1. The number of hydrogen-bond acceptors (Lipinski definition) is 6. The Morgan fingerprint density at radius 3 is 2.78 bits per heavy atom. The third-order valence-corrected chi connectivity index (χ3v) is 6.89. The van der Waals surface area contributed by atoms with E-state index in [0.717, 1.165) is 53.1 Å². The fraction of sp³-hybridized carbons (Fsp3) is 0.240. The minimum atomic E-state index is -0.422. The van der Waals surface area contributed by atoms with Gasteiger partial charge in [0.1, 0.15) is 5.82 Å². The van der Waals surface area contributed by atoms with E-state index in [9.17, 15) is 4.79 Å². The van der Waals surface area contributed by atoms with E-state index < -0.39 is 5.91 Å². The number of carbonyl (C=O) groups excluding carboxylic acids is 1. The van der Waals surface area contributed by atoms with E-state index in [2.05, 4.69) is 29.4 Å². The molecule has 6 nitrogen and oxygen atoms in total. The largest absolute Gasteiger partial charge is 0.366 e. The summed E-state index contributed by atoms with van der Waals surface area (Å²) in [6.07, 6.45) is 2.03. The van der Waals surface area contributed by atoms with Gasteiger partial charge >= 0.3 is 0 Å². The van der Waals surface area contributed by atoms with Crippen molar-refractivity contribution in [3.8, 4) is 10.7 Å². The lowest BCUT2D eigenvalue weighted by molar-refractivity contribution is 0.100. The summed E-state index contributed by atoms with van der Waals surface area (Å²) in [6, 6.07) is 16.0. The lowest BCUT2D eigenvalue weighted by Crippen LogP contribution is -2.18. The number of thiophene rings is 1. The van der Waals surface area contributed by atoms with Gasteiger partial charge in [0.15, 0.2) is 5.82 Å². The molecule has 1 aliphatic rings. The van der Waals surface area contributed by atoms with E-state index in [0.29, 0.717) is 17.9 Å². The number of anilines is 1. The van der Waals surface area contributed by atoms with E-state index in [4.69, 9.17) is 15.7 Å². The van der Waals surface area contributed by atoms with Crippen molar-refractivity contribution in [1.82, 2.24) is 14.9 Å². The molecule has 0 saturated carbocycles. The fourth-order valence-corrected chi connectivity index (χ4v) is 5.26. The Balaban J connectivity index is 1.61. The van der Waals surface area contributed by atoms with Crippen LogP contribution in [0, 0.1) is 0 Å². The van der Waals surface area contributed by atoms with Crippen LogP contribution in [0.2, 0.25) is 0 Å². The zero-order valence-electron chi connectivity index (χ0n) is 18.0. The van der Waals surface area contributed by atoms with E-state index in [1.807, 2.05) is 35.7 Å². The number of fused-ring (bicyclic) bond motifs is 2. The number of carbonyl (C=O) groups is 1. The molecule has 2 aromatic carbocycles. The second-order valence-electron chi connectivity index (χ2n) is 8.20. The van der Waals surface area contributed by atoms with Gasteiger partial charge in [-0.25, -0.2) is 9.97 Å². The summed E-state index contributed by atoms with van der Waals surface area (Å²) in [6.45, 7) is 2.53. The highest BCUT2D eigenvalue weighted by Gasteiger charge is 2.21. The zero-order chi connectivity index (χ0) is 22.1. The molecule has 0 radical (unpaired) electrons. The molecule has 0 aliphatic carbocycles. The summed E-state index contributed by atoms with van der Waals surface area (Å²) in [5.74, 6) is 1.17. The molecule has 32 heavy (non-hydrogen) atoms. The van der Waals surface area contributed by atoms with Crippen LogP contribution in [0.5, 0.6) is 0 Å². The van der Waals surface area contributed by atoms with Crippen molar-refractivity contribution >= 4 is 33.8 Å². The normalized spacial score (nSPS) is 14.2. The van der Waals surface area contributed by atoms with Crippen LogP contribution in [-0.4, -0.2) is 34.4 Å². The van der Waals surface area contributed by atoms with Crippen LogP contribution in [-0.2, 0) is 19.5 Å². The fourth-order valence-electron chi connectivity index (χ4n) is 4.27. The third-order valence-electron chi connectivity index (χ3n) is 5.90. The summed E-state index contributed by atoms with van der Waals surface area (Å²) in [5.41, 5.74) is 9.60. The second kappa shape index (κ2) is 8.68. The molecule has 0 fully saturated rings. The van der Waals surface area contributed by atoms with Gasteiger partial charge in [-0.3, -0.25) is 4.79 Å². The van der Waals surface area contributed by atoms with Crippen LogP contribution < -0.4 is 11.1 Å². The lowest BCUT2D eigenvalue weighted by Gasteiger charge is -2.16. The predicted octanol–water partition coefficient (Wildman–Crippen LogP) is 4.45. The number of primary amides is 1. The van der Waals surface area contributed by atoms with Gasteiger partial charge in [-0.15, -0.1) is 11.3 Å². The molecular formula is C25H25N5OS. The van der Waals surface area contributed by atoms with Crippen molar-refractivity contribution in [3.63, 3.8) is 0 Å². The summed E-state index contributed by atoms with van der Waals surface area (Å²) in [4.78, 5) is 25.1. The highest BCUT2D eigenvalue weighted by molar-refractivity contribution is 7.15. The van der Waals surface area contributed by atoms with Gasteiger partial charge in [-0.05, 0) is 38.1 Å². The molecule has 1 aliphatic heterocycles. The standard InChI is InChI=1S/C25H25N5OS/c1-30-12-6-11-19-21(14-30)28-25(29-24(19)27-13-16-7-3-2-4-8-16)22-17-9-5-10-18(23(26)31)20(17)15-32-22/h2-5,7-10,15H,6,11-14H2,1H3,(H2,26,31)(H,27,28,29). The van der Waals surface area contributed by atoms with Gasteiger partial charge in [0, 0.05) is 40.4 Å². The summed E-state index contributed by atoms with van der Waals surface area (Å²) < 4.78 is 0. The summed E-state index contributed by atoms with van der Waals surface area (Å²) >= 11 is 1.55. The third kappa shape index (κ3) is 3.97. The molecule has 0 unspecified atom stereocenters. The minimum Gasteiger partial charge on any atom is -0.366 e. The van der Waals surface area contributed by atoms with Crippen LogP contribution >= 0.6 is 11.3 Å². The van der Waals surface area contributed by atoms with E-state index >= 15 is 0 Å². The molecular weight excluding hydrogens is 418 g/mol. The van der Waals surface area contributed by atoms with E-state index in [-0.39, 0.29) is 0 Å². The van der Waals surface area contributed by atoms with Gasteiger partial charge in [0.25, 0.3) is 0 Å². The maximum absolute atomic E-state index is 11.9. The summed E-state index contributed by atoms with van der Waals surface area (Å²) in [5, 5.41) is 7.36. The van der Waals surface area contributed by atoms with Gasteiger partial charge in [0.05, 0.1) is 10.6 Å². The molecule has 2 aromatic heterocycles. The van der Waals surface area contributed by atoms with Crippen LogP contribution in [0.15, 0.2) is 53.9 Å². The minimum absolute atomic E-state index is 0.422. The van der Waals surface area contributed by atoms with Crippen molar-refractivity contribution in [1.29, 1.82) is 0 Å². The average molecular weight is 444 g/mol. The first-order chi connectivity index (χ1) is 15.6. The number of nitrogens with one attached hydrogen (secondary N) is 1. The summed E-state index contributed by atoms with van der Waals surface area (Å²) in [7, 11) is 2.13. The molecule has 3 N–H and O–H groups in total. The van der Waals surface area contributed by atoms with Gasteiger partial charge in [-0.2, -0.15) is 0 Å². The Labute approximate surface area is 191 Å². The Kier molecular flexibility index (Phi) is 5.59. The van der Waals surface area contributed by atoms with Crippen molar-refractivity contribution in [2.24, 2.45) is 5.73 Å². The van der Waals surface area contributed by atoms with Crippen LogP contribution in [0.1, 0.15) is 33.6 Å². The first kappa shape index (κ1) is 20.6. The van der Waals surface area contributed by atoms with Crippen LogP contribution in [0.3, 0.4) is 0 Å². The Morgan fingerprint density at radius 2 is 1.97 bits per heavy atom. The Hall–Kier alpha value is -3.29. The molecule has 0 atom stereocenters. The quantitative estimate of drug-likeness (QED) is 0.476. The molecule has 0 saturated heterocycles. The molecule has 0 spiro atoms. The first-order valence-electron chi connectivity index (χ1n) is 10.8. The second-order valence-corrected chi connectivity index (χ2v) is 9.08. The average Bonchev–Trinajstić information content (AvgIpc) is 3.14. The molecule has 4 aromatic rings. The van der Waals surface area contributed by atoms with Crippen molar-refractivity contribution in [2.45, 2.75) is 25.9 Å². The Bertz CT molecular complexity index is 1280. The predicted molar refractivity (Wildman–Crippen MR) is 130 cm³/mol. The monoisotopic (exact) mass is 443 g/mol. The zero-order valence-corrected chi connectivity index (χ0v) is 18.8. The number of hydrogen-bond donors (Lipinski definition) is 2. The van der Waals surface area contributed by atoms with E-state index in [1.165, 1.54) is 11.1 Å². The van der Waals surface area contributed by atoms with Crippen LogP contribution in [0.4, 0.5) is 5.82 Å². The van der Waals surface area contributed by atoms with Gasteiger partial charge < -0.3 is 16.0 Å². The van der Waals surface area contributed by atoms with Gasteiger partial charge in [0.2, 0.25) is 5.91 Å². The molecule has 162 valence electrons. The number of rotatable bonds is 5. The first-order valence-corrected chi connectivity index (χ1v) is 11.6. The molecule has 5 rings (SSSR count). The van der Waals surface area contributed by atoms with Gasteiger partial charge in [-0.1, -0.05) is 42.5 Å². The maximum atomic E-state index is 11.9. The number of benzene rings is 2. The van der Waals surface area contributed by atoms with Crippen molar-refractivity contribution < 1.29 is 4.79 Å². The maximum Gasteiger partial charge on any atom is 0.249 e. The highest BCUT2D eigenvalue weighted by atomic mass is 32.1. The van der Waals surface area contributed by atoms with E-state index in [1.54, 1.807) is 17.4 Å². The molecule has 1 amide bonds. The highest BCUT2D eigenvalue weighted by Crippen LogP contribution is 2.36. The van der Waals surface area contributed by atoms with Crippen molar-refractivity contribution in [3.05, 3.63) is 76.3 Å². The smallest absolute Gasteiger partial charge is 0.249 e. The van der Waals surface area contributed by atoms with Crippen LogP contribution in [0.25, 0.3) is 21.5 Å². The lowest BCUT2D eigenvalue weighted by atomic mass is 10.1. The molecule has 7 heteroatoms. The number of aromatic nitrogens is 2. The Morgan fingerprint density at radius 1 is 1.12 bits per heavy atom. The molecule has 0 bridgehead atoms. The molecule has 3 heterocycles. The van der Waals surface area contributed by atoms with Crippen molar-refractivity contribution in [2.75, 3.05) is 18.9 Å². The topological polar surface area (TPSA) is 84.1 Å². The number of nitrogens with zero attached hydrogens (tertiary/aromatic N) is 3. The number of nitrogens with two attached hydrogens (primary N) is 1. The SMILES string of the molecule is CN1CCCc2c(nc(-c3scc4c(C(N)=O)cccc34)nc2NCc2ccccc2)C1.